The molecule has 0 radical (unpaired) electrons. The lowest BCUT2D eigenvalue weighted by Crippen LogP contribution is -2.30. The van der Waals surface area contributed by atoms with Gasteiger partial charge in [-0.3, -0.25) is 4.79 Å². The Morgan fingerprint density at radius 3 is 2.58 bits per heavy atom. The maximum Gasteiger partial charge on any atom is 0.316 e. The van der Waals surface area contributed by atoms with Gasteiger partial charge < -0.3 is 16.4 Å². The molecular weight excluding hydrogens is 302 g/mol. The number of urea groups is 1. The zero-order valence-corrected chi connectivity index (χ0v) is 13.4. The molecule has 2 aromatic rings. The molecule has 0 heterocycles. The summed E-state index contributed by atoms with van der Waals surface area (Å²) in [6.45, 7) is 0.636. The van der Waals surface area contributed by atoms with E-state index in [1.165, 1.54) is 11.1 Å². The molecule has 1 aliphatic carbocycles. The predicted octanol–water partition coefficient (Wildman–Crippen LogP) is 3.03. The first-order valence-corrected chi connectivity index (χ1v) is 8.16. The maximum atomic E-state index is 12.3. The average molecular weight is 323 g/mol. The number of anilines is 1. The summed E-state index contributed by atoms with van der Waals surface area (Å²) < 4.78 is 0. The second-order valence-electron chi connectivity index (χ2n) is 6.06. The molecule has 0 spiro atoms. The van der Waals surface area contributed by atoms with Gasteiger partial charge in [0.25, 0.3) is 5.91 Å². The van der Waals surface area contributed by atoms with Gasteiger partial charge in [0.2, 0.25) is 0 Å². The normalized spacial score (nSPS) is 16.1. The lowest BCUT2D eigenvalue weighted by Gasteiger charge is -2.25. The van der Waals surface area contributed by atoms with Crippen LogP contribution in [0.3, 0.4) is 0 Å². The van der Waals surface area contributed by atoms with Gasteiger partial charge in [-0.15, -0.1) is 0 Å². The van der Waals surface area contributed by atoms with Crippen molar-refractivity contribution in [2.24, 2.45) is 5.73 Å². The Labute approximate surface area is 141 Å². The second-order valence-corrected chi connectivity index (χ2v) is 6.06. The van der Waals surface area contributed by atoms with Crippen molar-refractivity contribution in [1.29, 1.82) is 0 Å². The largest absolute Gasteiger partial charge is 0.351 e. The highest BCUT2D eigenvalue weighted by Gasteiger charge is 2.20. The molecule has 0 aliphatic heterocycles. The van der Waals surface area contributed by atoms with Crippen LogP contribution in [0.5, 0.6) is 0 Å². The van der Waals surface area contributed by atoms with Crippen molar-refractivity contribution in [1.82, 2.24) is 5.32 Å². The number of fused-ring (bicyclic) bond motifs is 1. The molecule has 0 saturated carbocycles. The second kappa shape index (κ2) is 7.17. The van der Waals surface area contributed by atoms with E-state index in [2.05, 4.69) is 34.9 Å². The van der Waals surface area contributed by atoms with Crippen LogP contribution in [0.1, 0.15) is 40.2 Å². The molecular formula is C19H21N3O2. The fourth-order valence-electron chi connectivity index (χ4n) is 3.23. The lowest BCUT2D eigenvalue weighted by atomic mass is 9.83. The Morgan fingerprint density at radius 1 is 1.08 bits per heavy atom. The highest BCUT2D eigenvalue weighted by Crippen LogP contribution is 2.30. The summed E-state index contributed by atoms with van der Waals surface area (Å²) in [5.41, 5.74) is 8.94. The van der Waals surface area contributed by atoms with Crippen molar-refractivity contribution in [2.45, 2.75) is 25.2 Å². The molecule has 5 nitrogen and oxygen atoms in total. The monoisotopic (exact) mass is 323 g/mol. The number of amides is 3. The molecule has 3 rings (SSSR count). The van der Waals surface area contributed by atoms with Crippen LogP contribution in [0.15, 0.2) is 48.5 Å². The fraction of sp³-hybridized carbons (Fsp3) is 0.263. The summed E-state index contributed by atoms with van der Waals surface area (Å²) in [5, 5.41) is 5.49. The molecule has 1 atom stereocenters. The van der Waals surface area contributed by atoms with E-state index in [0.29, 0.717) is 23.7 Å². The minimum absolute atomic E-state index is 0.108. The fourth-order valence-corrected chi connectivity index (χ4v) is 3.23. The average Bonchev–Trinajstić information content (AvgIpc) is 2.59. The van der Waals surface area contributed by atoms with Crippen molar-refractivity contribution in [3.05, 3.63) is 65.2 Å². The first kappa shape index (κ1) is 16.1. The van der Waals surface area contributed by atoms with Crippen molar-refractivity contribution in [3.8, 4) is 0 Å². The number of benzene rings is 2. The van der Waals surface area contributed by atoms with E-state index in [-0.39, 0.29) is 5.91 Å². The Balaban J connectivity index is 1.61. The van der Waals surface area contributed by atoms with Gasteiger partial charge in [0, 0.05) is 23.7 Å². The van der Waals surface area contributed by atoms with E-state index < -0.39 is 6.03 Å². The minimum Gasteiger partial charge on any atom is -0.351 e. The van der Waals surface area contributed by atoms with Crippen LogP contribution in [0.2, 0.25) is 0 Å². The molecule has 1 unspecified atom stereocenters. The van der Waals surface area contributed by atoms with Crippen LogP contribution in [-0.4, -0.2) is 18.5 Å². The number of carbonyl (C=O) groups excluding carboxylic acids is 2. The van der Waals surface area contributed by atoms with Crippen molar-refractivity contribution in [2.75, 3.05) is 11.9 Å². The van der Waals surface area contributed by atoms with Gasteiger partial charge >= 0.3 is 6.03 Å². The summed E-state index contributed by atoms with van der Waals surface area (Å²) in [7, 11) is 0. The third-order valence-corrected chi connectivity index (χ3v) is 4.42. The van der Waals surface area contributed by atoms with E-state index >= 15 is 0 Å². The number of hydrogen-bond donors (Lipinski definition) is 3. The Hall–Kier alpha value is -2.82. The SMILES string of the molecule is NC(=O)Nc1ccc(C(=O)NCC2CCCc3ccccc32)cc1. The zero-order valence-electron chi connectivity index (χ0n) is 13.4. The summed E-state index contributed by atoms with van der Waals surface area (Å²) in [6, 6.07) is 14.5. The summed E-state index contributed by atoms with van der Waals surface area (Å²) in [4.78, 5) is 23.1. The van der Waals surface area contributed by atoms with Crippen molar-refractivity contribution < 1.29 is 9.59 Å². The van der Waals surface area contributed by atoms with Crippen LogP contribution in [0.4, 0.5) is 10.5 Å². The molecule has 24 heavy (non-hydrogen) atoms. The lowest BCUT2D eigenvalue weighted by molar-refractivity contribution is 0.0950. The molecule has 0 bridgehead atoms. The number of hydrogen-bond acceptors (Lipinski definition) is 2. The number of primary amides is 1. The van der Waals surface area contributed by atoms with E-state index in [0.717, 1.165) is 19.3 Å². The summed E-state index contributed by atoms with van der Waals surface area (Å²) in [6.07, 6.45) is 3.37. The summed E-state index contributed by atoms with van der Waals surface area (Å²) in [5.74, 6) is 0.262. The van der Waals surface area contributed by atoms with Crippen LogP contribution in [-0.2, 0) is 6.42 Å². The smallest absolute Gasteiger partial charge is 0.316 e. The zero-order chi connectivity index (χ0) is 16.9. The number of rotatable bonds is 4. The van der Waals surface area contributed by atoms with E-state index in [9.17, 15) is 9.59 Å². The molecule has 4 N–H and O–H groups in total. The maximum absolute atomic E-state index is 12.3. The van der Waals surface area contributed by atoms with Gasteiger partial charge in [0.05, 0.1) is 0 Å². The van der Waals surface area contributed by atoms with Crippen molar-refractivity contribution >= 4 is 17.6 Å². The first-order chi connectivity index (χ1) is 11.6. The van der Waals surface area contributed by atoms with Gasteiger partial charge in [-0.2, -0.15) is 0 Å². The standard InChI is InChI=1S/C19H21N3O2/c20-19(24)22-16-10-8-14(9-11-16)18(23)21-12-15-6-3-5-13-4-1-2-7-17(13)15/h1-2,4,7-11,15H,3,5-6,12H2,(H,21,23)(H3,20,22,24). The van der Waals surface area contributed by atoms with Crippen LogP contribution >= 0.6 is 0 Å². The Kier molecular flexibility index (Phi) is 4.79. The highest BCUT2D eigenvalue weighted by molar-refractivity contribution is 5.95. The van der Waals surface area contributed by atoms with Crippen LogP contribution in [0, 0.1) is 0 Å². The highest BCUT2D eigenvalue weighted by atomic mass is 16.2. The van der Waals surface area contributed by atoms with Gasteiger partial charge in [-0.1, -0.05) is 24.3 Å². The predicted molar refractivity (Wildman–Crippen MR) is 94.1 cm³/mol. The number of nitrogens with two attached hydrogens (primary N) is 1. The number of aryl methyl sites for hydroxylation is 1. The van der Waals surface area contributed by atoms with Gasteiger partial charge in [0.1, 0.15) is 0 Å². The molecule has 0 saturated heterocycles. The molecule has 124 valence electrons. The molecule has 3 amide bonds. The minimum atomic E-state index is -0.622. The molecule has 0 fully saturated rings. The third-order valence-electron chi connectivity index (χ3n) is 4.42. The quantitative estimate of drug-likeness (QED) is 0.808. The van der Waals surface area contributed by atoms with E-state index in [1.807, 2.05) is 0 Å². The Morgan fingerprint density at radius 2 is 1.83 bits per heavy atom. The van der Waals surface area contributed by atoms with Gasteiger partial charge in [0.15, 0.2) is 0 Å². The van der Waals surface area contributed by atoms with Gasteiger partial charge in [-0.05, 0) is 54.7 Å². The summed E-state index contributed by atoms with van der Waals surface area (Å²) >= 11 is 0. The topological polar surface area (TPSA) is 84.2 Å². The molecule has 0 aromatic heterocycles. The Bertz CT molecular complexity index is 741. The molecule has 2 aromatic carbocycles. The number of carbonyl (C=O) groups is 2. The molecule has 1 aliphatic rings. The first-order valence-electron chi connectivity index (χ1n) is 8.16. The number of nitrogens with one attached hydrogen (secondary N) is 2. The van der Waals surface area contributed by atoms with Crippen LogP contribution in [0.25, 0.3) is 0 Å². The molecule has 5 heteroatoms. The van der Waals surface area contributed by atoms with Gasteiger partial charge in [-0.25, -0.2) is 4.79 Å². The van der Waals surface area contributed by atoms with Crippen LogP contribution < -0.4 is 16.4 Å². The van der Waals surface area contributed by atoms with E-state index in [1.54, 1.807) is 24.3 Å². The third kappa shape index (κ3) is 3.74. The van der Waals surface area contributed by atoms with E-state index in [4.69, 9.17) is 5.73 Å². The van der Waals surface area contributed by atoms with Crippen molar-refractivity contribution in [3.63, 3.8) is 0 Å².